The first-order chi connectivity index (χ1) is 8.57. The highest BCUT2D eigenvalue weighted by Gasteiger charge is 2.02. The predicted octanol–water partition coefficient (Wildman–Crippen LogP) is 0.831. The Hall–Kier alpha value is -1.56. The van der Waals surface area contributed by atoms with E-state index in [0.29, 0.717) is 38.3 Å². The lowest BCUT2D eigenvalue weighted by Crippen LogP contribution is -2.38. The zero-order valence-corrected chi connectivity index (χ0v) is 11.1. The number of carbonyl (C=O) groups is 2. The van der Waals surface area contributed by atoms with E-state index >= 15 is 0 Å². The van der Waals surface area contributed by atoms with Gasteiger partial charge in [-0.1, -0.05) is 6.58 Å². The summed E-state index contributed by atoms with van der Waals surface area (Å²) < 4.78 is 9.94. The number of esters is 1. The van der Waals surface area contributed by atoms with E-state index in [1.165, 1.54) is 0 Å². The maximum atomic E-state index is 11.2. The summed E-state index contributed by atoms with van der Waals surface area (Å²) in [6.45, 7) is 9.28. The number of urea groups is 1. The van der Waals surface area contributed by atoms with Gasteiger partial charge in [0.2, 0.25) is 0 Å². The van der Waals surface area contributed by atoms with Gasteiger partial charge in [-0.3, -0.25) is 0 Å². The molecule has 104 valence electrons. The second-order valence-corrected chi connectivity index (χ2v) is 3.65. The summed E-state index contributed by atoms with van der Waals surface area (Å²) in [5.74, 6) is -0.406. The molecule has 0 aromatic heterocycles. The molecule has 0 atom stereocenters. The molecule has 0 radical (unpaired) electrons. The lowest BCUT2D eigenvalue weighted by atomic mass is 10.3. The highest BCUT2D eigenvalue weighted by Crippen LogP contribution is 1.92. The maximum absolute atomic E-state index is 11.2. The van der Waals surface area contributed by atoms with Crippen LogP contribution >= 0.6 is 0 Å². The molecule has 0 saturated heterocycles. The summed E-state index contributed by atoms with van der Waals surface area (Å²) in [6, 6.07) is -0.249. The monoisotopic (exact) mass is 258 g/mol. The van der Waals surface area contributed by atoms with Gasteiger partial charge in [0, 0.05) is 25.3 Å². The molecular weight excluding hydrogens is 236 g/mol. The Morgan fingerprint density at radius 3 is 2.44 bits per heavy atom. The van der Waals surface area contributed by atoms with Crippen molar-refractivity contribution in [3.8, 4) is 0 Å². The Bertz CT molecular complexity index is 279. The Kier molecular flexibility index (Phi) is 9.67. The third-order valence-electron chi connectivity index (χ3n) is 1.92. The van der Waals surface area contributed by atoms with Crippen molar-refractivity contribution in [1.29, 1.82) is 0 Å². The van der Waals surface area contributed by atoms with E-state index in [1.807, 2.05) is 6.92 Å². The van der Waals surface area contributed by atoms with Crippen LogP contribution < -0.4 is 10.6 Å². The molecule has 0 unspecified atom stereocenters. The van der Waals surface area contributed by atoms with Crippen molar-refractivity contribution in [2.75, 3.05) is 32.9 Å². The fourth-order valence-electron chi connectivity index (χ4n) is 1.01. The van der Waals surface area contributed by atoms with Crippen LogP contribution in [-0.2, 0) is 14.3 Å². The average molecular weight is 258 g/mol. The van der Waals surface area contributed by atoms with E-state index < -0.39 is 5.97 Å². The third kappa shape index (κ3) is 9.65. The van der Waals surface area contributed by atoms with Gasteiger partial charge in [-0.15, -0.1) is 0 Å². The fourth-order valence-corrected chi connectivity index (χ4v) is 1.01. The topological polar surface area (TPSA) is 76.7 Å². The van der Waals surface area contributed by atoms with Gasteiger partial charge in [0.25, 0.3) is 0 Å². The molecule has 0 rings (SSSR count). The van der Waals surface area contributed by atoms with Gasteiger partial charge < -0.3 is 20.1 Å². The number of nitrogens with one attached hydrogen (secondary N) is 2. The normalized spacial score (nSPS) is 9.67. The van der Waals surface area contributed by atoms with Gasteiger partial charge in [0.1, 0.15) is 0 Å². The Balaban J connectivity index is 3.35. The lowest BCUT2D eigenvalue weighted by molar-refractivity contribution is -0.138. The van der Waals surface area contributed by atoms with Crippen LogP contribution in [0.25, 0.3) is 0 Å². The molecule has 2 amide bonds. The van der Waals surface area contributed by atoms with E-state index in [0.717, 1.165) is 0 Å². The molecule has 0 saturated carbocycles. The van der Waals surface area contributed by atoms with Crippen molar-refractivity contribution in [3.63, 3.8) is 0 Å². The van der Waals surface area contributed by atoms with Crippen LogP contribution in [0.15, 0.2) is 12.2 Å². The average Bonchev–Trinajstić information content (AvgIpc) is 2.33. The smallest absolute Gasteiger partial charge is 0.333 e. The standard InChI is InChI=1S/C12H22N2O4/c1-4-17-9-7-14-12(16)13-6-5-8-18-11(15)10(2)3/h2,4-9H2,1,3H3,(H2,13,14,16). The minimum Gasteiger partial charge on any atom is -0.462 e. The summed E-state index contributed by atoms with van der Waals surface area (Å²) in [4.78, 5) is 22.2. The Morgan fingerprint density at radius 1 is 1.17 bits per heavy atom. The number of rotatable bonds is 9. The molecule has 0 aromatic rings. The van der Waals surface area contributed by atoms with E-state index in [1.54, 1.807) is 6.92 Å². The largest absolute Gasteiger partial charge is 0.462 e. The zero-order chi connectivity index (χ0) is 13.8. The van der Waals surface area contributed by atoms with Crippen LogP contribution in [0.5, 0.6) is 0 Å². The first-order valence-electron chi connectivity index (χ1n) is 6.00. The predicted molar refractivity (Wildman–Crippen MR) is 68.3 cm³/mol. The highest BCUT2D eigenvalue weighted by atomic mass is 16.5. The first kappa shape index (κ1) is 16.4. The Labute approximate surface area is 108 Å². The summed E-state index contributed by atoms with van der Waals surface area (Å²) in [7, 11) is 0. The molecule has 6 heteroatoms. The van der Waals surface area contributed by atoms with Gasteiger partial charge in [-0.05, 0) is 20.3 Å². The van der Waals surface area contributed by atoms with E-state index in [9.17, 15) is 9.59 Å². The highest BCUT2D eigenvalue weighted by molar-refractivity contribution is 5.86. The summed E-state index contributed by atoms with van der Waals surface area (Å²) in [5, 5.41) is 5.28. The van der Waals surface area contributed by atoms with Gasteiger partial charge in [-0.2, -0.15) is 0 Å². The Morgan fingerprint density at radius 2 is 1.83 bits per heavy atom. The summed E-state index contributed by atoms with van der Waals surface area (Å²) in [6.07, 6.45) is 0.567. The summed E-state index contributed by atoms with van der Waals surface area (Å²) in [5.41, 5.74) is 0.372. The second-order valence-electron chi connectivity index (χ2n) is 3.65. The van der Waals surface area contributed by atoms with E-state index in [2.05, 4.69) is 17.2 Å². The molecule has 0 aliphatic carbocycles. The van der Waals surface area contributed by atoms with Crippen LogP contribution in [-0.4, -0.2) is 44.9 Å². The van der Waals surface area contributed by atoms with Crippen LogP contribution in [0.3, 0.4) is 0 Å². The van der Waals surface area contributed by atoms with E-state index in [-0.39, 0.29) is 12.6 Å². The van der Waals surface area contributed by atoms with Crippen LogP contribution in [0.1, 0.15) is 20.3 Å². The quantitative estimate of drug-likeness (QED) is 0.365. The minimum atomic E-state index is -0.406. The van der Waals surface area contributed by atoms with Crippen molar-refractivity contribution in [2.24, 2.45) is 0 Å². The van der Waals surface area contributed by atoms with Gasteiger partial charge in [0.05, 0.1) is 13.2 Å². The van der Waals surface area contributed by atoms with Crippen molar-refractivity contribution in [3.05, 3.63) is 12.2 Å². The van der Waals surface area contributed by atoms with Crippen LogP contribution in [0.4, 0.5) is 4.79 Å². The fraction of sp³-hybridized carbons (Fsp3) is 0.667. The molecule has 0 fully saturated rings. The number of hydrogen-bond acceptors (Lipinski definition) is 4. The van der Waals surface area contributed by atoms with Gasteiger partial charge >= 0.3 is 12.0 Å². The molecule has 18 heavy (non-hydrogen) atoms. The molecular formula is C12H22N2O4. The van der Waals surface area contributed by atoms with Crippen molar-refractivity contribution < 1.29 is 19.1 Å². The molecule has 0 bridgehead atoms. The molecule has 6 nitrogen and oxygen atoms in total. The molecule has 0 aromatic carbocycles. The number of carbonyl (C=O) groups excluding carboxylic acids is 2. The number of amides is 2. The molecule has 2 N–H and O–H groups in total. The first-order valence-corrected chi connectivity index (χ1v) is 6.00. The third-order valence-corrected chi connectivity index (χ3v) is 1.92. The van der Waals surface area contributed by atoms with Gasteiger partial charge in [-0.25, -0.2) is 9.59 Å². The number of ether oxygens (including phenoxy) is 2. The van der Waals surface area contributed by atoms with Gasteiger partial charge in [0.15, 0.2) is 0 Å². The summed E-state index contributed by atoms with van der Waals surface area (Å²) >= 11 is 0. The molecule has 0 aliphatic heterocycles. The zero-order valence-electron chi connectivity index (χ0n) is 11.1. The van der Waals surface area contributed by atoms with Crippen LogP contribution in [0, 0.1) is 0 Å². The van der Waals surface area contributed by atoms with E-state index in [4.69, 9.17) is 9.47 Å². The van der Waals surface area contributed by atoms with Crippen molar-refractivity contribution in [2.45, 2.75) is 20.3 Å². The van der Waals surface area contributed by atoms with Crippen LogP contribution in [0.2, 0.25) is 0 Å². The molecule has 0 heterocycles. The SMILES string of the molecule is C=C(C)C(=O)OCCCNC(=O)NCCOCC. The number of hydrogen-bond donors (Lipinski definition) is 2. The maximum Gasteiger partial charge on any atom is 0.333 e. The van der Waals surface area contributed by atoms with Crippen molar-refractivity contribution >= 4 is 12.0 Å². The second kappa shape index (κ2) is 10.6. The molecule has 0 aliphatic rings. The van der Waals surface area contributed by atoms with Crippen molar-refractivity contribution in [1.82, 2.24) is 10.6 Å². The minimum absolute atomic E-state index is 0.249. The molecule has 0 spiro atoms. The lowest BCUT2D eigenvalue weighted by Gasteiger charge is -2.08.